The first kappa shape index (κ1) is 17.1. The Morgan fingerprint density at radius 1 is 1.29 bits per heavy atom. The number of aromatic amines is 1. The lowest BCUT2D eigenvalue weighted by Gasteiger charge is -2.31. The molecule has 8 nitrogen and oxygen atoms in total. The van der Waals surface area contributed by atoms with Crippen molar-refractivity contribution in [1.82, 2.24) is 10.2 Å². The molecule has 0 bridgehead atoms. The van der Waals surface area contributed by atoms with Crippen molar-refractivity contribution in [2.75, 3.05) is 21.8 Å². The smallest absolute Gasteiger partial charge is 0.268 e. The number of rotatable bonds is 4. The third-order valence-corrected chi connectivity index (χ3v) is 6.45. The molecule has 2 aromatic rings. The second-order valence-corrected chi connectivity index (χ2v) is 9.36. The van der Waals surface area contributed by atoms with Crippen molar-refractivity contribution < 1.29 is 16.8 Å². The van der Waals surface area contributed by atoms with Gasteiger partial charge in [-0.1, -0.05) is 17.7 Å². The molecule has 0 radical (unpaired) electrons. The van der Waals surface area contributed by atoms with Crippen LogP contribution in [-0.2, 0) is 26.5 Å². The van der Waals surface area contributed by atoms with E-state index in [4.69, 9.17) is 11.6 Å². The molecular formula is C13H15ClN4O4S2. The molecule has 0 amide bonds. The zero-order valence-corrected chi connectivity index (χ0v) is 15.0. The van der Waals surface area contributed by atoms with Gasteiger partial charge >= 0.3 is 0 Å². The molecule has 2 heterocycles. The van der Waals surface area contributed by atoms with Crippen molar-refractivity contribution in [3.8, 4) is 0 Å². The van der Waals surface area contributed by atoms with Crippen LogP contribution in [0.25, 0.3) is 0 Å². The second-order valence-electron chi connectivity index (χ2n) is 5.41. The van der Waals surface area contributed by atoms with E-state index in [1.807, 2.05) is 0 Å². The van der Waals surface area contributed by atoms with Crippen LogP contribution in [0.1, 0.15) is 12.0 Å². The minimum Gasteiger partial charge on any atom is -0.283 e. The van der Waals surface area contributed by atoms with Crippen LogP contribution in [0.5, 0.6) is 0 Å². The number of aromatic nitrogens is 2. The Labute approximate surface area is 144 Å². The van der Waals surface area contributed by atoms with E-state index in [9.17, 15) is 16.8 Å². The van der Waals surface area contributed by atoms with Gasteiger partial charge in [0.25, 0.3) is 10.0 Å². The number of hydrogen-bond donors (Lipinski definition) is 2. The fourth-order valence-corrected chi connectivity index (χ4v) is 5.17. The van der Waals surface area contributed by atoms with Crippen LogP contribution < -0.4 is 9.03 Å². The molecule has 1 aliphatic heterocycles. The third kappa shape index (κ3) is 3.08. The molecule has 2 N–H and O–H groups in total. The molecule has 0 aliphatic carbocycles. The van der Waals surface area contributed by atoms with Crippen LogP contribution in [0.3, 0.4) is 0 Å². The van der Waals surface area contributed by atoms with E-state index in [1.165, 1.54) is 4.31 Å². The molecule has 0 atom stereocenters. The van der Waals surface area contributed by atoms with Crippen molar-refractivity contribution in [1.29, 1.82) is 0 Å². The predicted octanol–water partition coefficient (Wildman–Crippen LogP) is 1.58. The maximum atomic E-state index is 12.9. The zero-order valence-electron chi connectivity index (χ0n) is 12.7. The summed E-state index contributed by atoms with van der Waals surface area (Å²) in [6.45, 7) is 0.277. The summed E-state index contributed by atoms with van der Waals surface area (Å²) in [5.74, 6) is 0. The van der Waals surface area contributed by atoms with E-state index in [0.29, 0.717) is 29.8 Å². The number of anilines is 2. The number of nitrogens with one attached hydrogen (secondary N) is 2. The van der Waals surface area contributed by atoms with E-state index < -0.39 is 20.0 Å². The minimum atomic E-state index is -3.89. The van der Waals surface area contributed by atoms with Crippen LogP contribution >= 0.6 is 11.6 Å². The Hall–Kier alpha value is -1.78. The summed E-state index contributed by atoms with van der Waals surface area (Å²) in [5.41, 5.74) is 1.46. The standard InChI is InChI=1S/C13H15ClN4O4S2/c1-23(19,20)17-10-5-2-6-11-9(10)4-3-7-18(11)24(21,22)12-8-15-16-13(12)14/h2,5-6,8,17H,3-4,7H2,1H3,(H,15,16). The van der Waals surface area contributed by atoms with E-state index in [1.54, 1.807) is 18.2 Å². The lowest BCUT2D eigenvalue weighted by atomic mass is 10.0. The van der Waals surface area contributed by atoms with Gasteiger partial charge in [0.1, 0.15) is 10.0 Å². The van der Waals surface area contributed by atoms with Crippen LogP contribution in [0.4, 0.5) is 11.4 Å². The number of nitrogens with zero attached hydrogens (tertiary/aromatic N) is 2. The zero-order chi connectivity index (χ0) is 17.5. The average molecular weight is 391 g/mol. The highest BCUT2D eigenvalue weighted by atomic mass is 35.5. The van der Waals surface area contributed by atoms with Gasteiger partial charge in [-0.25, -0.2) is 16.8 Å². The van der Waals surface area contributed by atoms with E-state index >= 15 is 0 Å². The van der Waals surface area contributed by atoms with E-state index in [0.717, 1.165) is 12.5 Å². The highest BCUT2D eigenvalue weighted by Gasteiger charge is 2.32. The Morgan fingerprint density at radius 3 is 2.67 bits per heavy atom. The number of benzene rings is 1. The molecule has 3 rings (SSSR count). The third-order valence-electron chi connectivity index (χ3n) is 3.63. The van der Waals surface area contributed by atoms with Gasteiger partial charge in [0.2, 0.25) is 10.0 Å². The summed E-state index contributed by atoms with van der Waals surface area (Å²) in [6, 6.07) is 4.87. The molecular weight excluding hydrogens is 376 g/mol. The fourth-order valence-electron chi connectivity index (χ4n) is 2.69. The average Bonchev–Trinajstić information content (AvgIpc) is 2.92. The van der Waals surface area contributed by atoms with Gasteiger partial charge in [-0.05, 0) is 25.0 Å². The summed E-state index contributed by atoms with van der Waals surface area (Å²) >= 11 is 5.87. The number of fused-ring (bicyclic) bond motifs is 1. The Kier molecular flexibility index (Phi) is 4.22. The van der Waals surface area contributed by atoms with Crippen LogP contribution in [0, 0.1) is 0 Å². The van der Waals surface area contributed by atoms with Crippen molar-refractivity contribution in [2.45, 2.75) is 17.7 Å². The molecule has 0 fully saturated rings. The van der Waals surface area contributed by atoms with Crippen molar-refractivity contribution in [3.63, 3.8) is 0 Å². The summed E-state index contributed by atoms with van der Waals surface area (Å²) in [7, 11) is -7.36. The van der Waals surface area contributed by atoms with Gasteiger partial charge < -0.3 is 0 Å². The first-order valence-electron chi connectivity index (χ1n) is 7.01. The van der Waals surface area contributed by atoms with Gasteiger partial charge in [-0.2, -0.15) is 5.10 Å². The molecule has 1 aromatic heterocycles. The topological polar surface area (TPSA) is 112 Å². The summed E-state index contributed by atoms with van der Waals surface area (Å²) in [4.78, 5) is -0.113. The number of hydrogen-bond acceptors (Lipinski definition) is 5. The molecule has 1 aliphatic rings. The molecule has 0 unspecified atom stereocenters. The maximum Gasteiger partial charge on any atom is 0.268 e. The number of H-pyrrole nitrogens is 1. The molecule has 11 heteroatoms. The van der Waals surface area contributed by atoms with E-state index in [2.05, 4.69) is 14.9 Å². The van der Waals surface area contributed by atoms with Gasteiger partial charge in [0.15, 0.2) is 0 Å². The quantitative estimate of drug-likeness (QED) is 0.822. The van der Waals surface area contributed by atoms with Gasteiger partial charge in [0.05, 0.1) is 23.8 Å². The van der Waals surface area contributed by atoms with E-state index in [-0.39, 0.29) is 16.6 Å². The predicted molar refractivity (Wildman–Crippen MR) is 91.4 cm³/mol. The monoisotopic (exact) mass is 390 g/mol. The normalized spacial score (nSPS) is 15.2. The molecule has 24 heavy (non-hydrogen) atoms. The molecule has 0 saturated heterocycles. The number of halogens is 1. The minimum absolute atomic E-state index is 0.0625. The fraction of sp³-hybridized carbons (Fsp3) is 0.308. The summed E-state index contributed by atoms with van der Waals surface area (Å²) in [5, 5.41) is 5.99. The molecule has 130 valence electrons. The van der Waals surface area contributed by atoms with Gasteiger partial charge in [-0.15, -0.1) is 0 Å². The SMILES string of the molecule is CS(=O)(=O)Nc1cccc2c1CCCN2S(=O)(=O)c1cn[nH]c1Cl. The number of sulfonamides is 2. The van der Waals surface area contributed by atoms with Gasteiger partial charge in [0, 0.05) is 12.1 Å². The first-order valence-corrected chi connectivity index (χ1v) is 10.7. The molecule has 1 aromatic carbocycles. The summed E-state index contributed by atoms with van der Waals surface area (Å²) in [6.07, 6.45) is 3.34. The van der Waals surface area contributed by atoms with Gasteiger partial charge in [-0.3, -0.25) is 14.1 Å². The summed E-state index contributed by atoms with van der Waals surface area (Å²) < 4.78 is 52.5. The highest BCUT2D eigenvalue weighted by Crippen LogP contribution is 2.37. The lowest BCUT2D eigenvalue weighted by Crippen LogP contribution is -2.35. The van der Waals surface area contributed by atoms with Crippen molar-refractivity contribution in [3.05, 3.63) is 35.1 Å². The molecule has 0 saturated carbocycles. The van der Waals surface area contributed by atoms with Crippen molar-refractivity contribution >= 4 is 43.0 Å². The van der Waals surface area contributed by atoms with Crippen LogP contribution in [0.15, 0.2) is 29.3 Å². The Balaban J connectivity index is 2.11. The second kappa shape index (κ2) is 5.94. The van der Waals surface area contributed by atoms with Crippen LogP contribution in [-0.4, -0.2) is 39.8 Å². The first-order chi connectivity index (χ1) is 11.2. The maximum absolute atomic E-state index is 12.9. The largest absolute Gasteiger partial charge is 0.283 e. The lowest BCUT2D eigenvalue weighted by molar-refractivity contribution is 0.587. The van der Waals surface area contributed by atoms with Crippen molar-refractivity contribution in [2.24, 2.45) is 0 Å². The molecule has 0 spiro atoms. The Bertz CT molecular complexity index is 985. The van der Waals surface area contributed by atoms with Crippen LogP contribution in [0.2, 0.25) is 5.15 Å². The highest BCUT2D eigenvalue weighted by molar-refractivity contribution is 7.93. The Morgan fingerprint density at radius 2 is 2.04 bits per heavy atom.